The Labute approximate surface area is 178 Å². The van der Waals surface area contributed by atoms with Gasteiger partial charge in [0, 0.05) is 38.4 Å². The molecule has 0 saturated carbocycles. The van der Waals surface area contributed by atoms with E-state index in [1.807, 2.05) is 10.8 Å². The number of benzene rings is 1. The van der Waals surface area contributed by atoms with Crippen molar-refractivity contribution in [3.63, 3.8) is 0 Å². The highest BCUT2D eigenvalue weighted by atomic mass is 32.2. The number of hydrogen-bond donors (Lipinski definition) is 1. The van der Waals surface area contributed by atoms with Gasteiger partial charge in [0.25, 0.3) is 5.91 Å². The molecule has 1 saturated heterocycles. The van der Waals surface area contributed by atoms with Gasteiger partial charge in [-0.25, -0.2) is 9.37 Å². The molecule has 152 valence electrons. The number of carbonyl (C=O) groups is 2. The Bertz CT molecular complexity index is 915. The van der Waals surface area contributed by atoms with Crippen molar-refractivity contribution in [1.82, 2.24) is 19.8 Å². The SMILES string of the molecule is O=C(CCCN1C(=O)/C(=C/c2cccc(F)c2)SC1=S)NCCCn1ccnc1. The fourth-order valence-corrected chi connectivity index (χ4v) is 4.14. The van der Waals surface area contributed by atoms with Crippen LogP contribution in [0.3, 0.4) is 0 Å². The van der Waals surface area contributed by atoms with E-state index in [9.17, 15) is 14.0 Å². The molecule has 1 aliphatic rings. The minimum atomic E-state index is -0.356. The van der Waals surface area contributed by atoms with E-state index in [0.717, 1.165) is 13.0 Å². The van der Waals surface area contributed by atoms with Crippen LogP contribution in [0.25, 0.3) is 6.08 Å². The molecule has 2 amide bonds. The number of hydrogen-bond acceptors (Lipinski definition) is 5. The molecule has 9 heteroatoms. The van der Waals surface area contributed by atoms with Crippen LogP contribution in [0, 0.1) is 5.82 Å². The fourth-order valence-electron chi connectivity index (χ4n) is 2.84. The first-order valence-corrected chi connectivity index (χ1v) is 10.5. The van der Waals surface area contributed by atoms with E-state index in [0.29, 0.717) is 40.7 Å². The summed E-state index contributed by atoms with van der Waals surface area (Å²) in [7, 11) is 0. The Morgan fingerprint density at radius 1 is 1.31 bits per heavy atom. The molecule has 2 heterocycles. The largest absolute Gasteiger partial charge is 0.356 e. The molecule has 0 bridgehead atoms. The lowest BCUT2D eigenvalue weighted by molar-refractivity contribution is -0.124. The van der Waals surface area contributed by atoms with Gasteiger partial charge in [-0.15, -0.1) is 0 Å². The molecule has 0 atom stereocenters. The van der Waals surface area contributed by atoms with Gasteiger partial charge in [-0.1, -0.05) is 36.1 Å². The zero-order valence-electron chi connectivity index (χ0n) is 15.7. The number of halogens is 1. The highest BCUT2D eigenvalue weighted by Gasteiger charge is 2.31. The van der Waals surface area contributed by atoms with Gasteiger partial charge >= 0.3 is 0 Å². The predicted octanol–water partition coefficient (Wildman–Crippen LogP) is 3.21. The highest BCUT2D eigenvalue weighted by molar-refractivity contribution is 8.26. The third kappa shape index (κ3) is 6.23. The lowest BCUT2D eigenvalue weighted by Crippen LogP contribution is -2.31. The van der Waals surface area contributed by atoms with Gasteiger partial charge < -0.3 is 9.88 Å². The lowest BCUT2D eigenvalue weighted by Gasteiger charge is -2.14. The Kier molecular flexibility index (Phi) is 7.54. The Morgan fingerprint density at radius 2 is 2.17 bits per heavy atom. The van der Waals surface area contributed by atoms with Crippen LogP contribution in [0.4, 0.5) is 4.39 Å². The van der Waals surface area contributed by atoms with E-state index in [1.165, 1.54) is 28.8 Å². The van der Waals surface area contributed by atoms with Crippen molar-refractivity contribution >= 4 is 46.2 Å². The monoisotopic (exact) mass is 432 g/mol. The summed E-state index contributed by atoms with van der Waals surface area (Å²) in [5.74, 6) is -0.605. The molecular formula is C20H21FN4O2S2. The number of amides is 2. The molecule has 0 aliphatic carbocycles. The summed E-state index contributed by atoms with van der Waals surface area (Å²) in [5.41, 5.74) is 0.612. The van der Waals surface area contributed by atoms with Crippen LogP contribution >= 0.6 is 24.0 Å². The van der Waals surface area contributed by atoms with Crippen LogP contribution in [0.15, 0.2) is 47.9 Å². The molecule has 6 nitrogen and oxygen atoms in total. The van der Waals surface area contributed by atoms with Gasteiger partial charge in [0.05, 0.1) is 11.2 Å². The van der Waals surface area contributed by atoms with Crippen LogP contribution in [0.5, 0.6) is 0 Å². The summed E-state index contributed by atoms with van der Waals surface area (Å²) in [5, 5.41) is 2.88. The standard InChI is InChI=1S/C20H21FN4O2S2/c21-16-5-1-4-15(12-16)13-17-19(27)25(20(28)29-17)10-2-6-18(26)23-7-3-9-24-11-8-22-14-24/h1,4-5,8,11-14H,2-3,6-7,9-10H2,(H,23,26)/b17-13-. The number of thioether (sulfide) groups is 1. The normalized spacial score (nSPS) is 15.3. The van der Waals surface area contributed by atoms with Crippen molar-refractivity contribution in [3.05, 3.63) is 59.3 Å². The average Bonchev–Trinajstić information content (AvgIpc) is 3.29. The lowest BCUT2D eigenvalue weighted by atomic mass is 10.2. The predicted molar refractivity (Wildman–Crippen MR) is 115 cm³/mol. The van der Waals surface area contributed by atoms with E-state index < -0.39 is 0 Å². The number of carbonyl (C=O) groups excluding carboxylic acids is 2. The topological polar surface area (TPSA) is 67.2 Å². The van der Waals surface area contributed by atoms with Crippen LogP contribution in [-0.4, -0.2) is 43.7 Å². The summed E-state index contributed by atoms with van der Waals surface area (Å²) in [6, 6.07) is 6.04. The number of nitrogens with one attached hydrogen (secondary N) is 1. The maximum atomic E-state index is 13.3. The summed E-state index contributed by atoms with van der Waals surface area (Å²) < 4.78 is 15.7. The quantitative estimate of drug-likeness (QED) is 0.374. The number of aryl methyl sites for hydroxylation is 1. The minimum Gasteiger partial charge on any atom is -0.356 e. The van der Waals surface area contributed by atoms with Crippen molar-refractivity contribution < 1.29 is 14.0 Å². The minimum absolute atomic E-state index is 0.0450. The molecule has 0 radical (unpaired) electrons. The van der Waals surface area contributed by atoms with Gasteiger partial charge in [-0.2, -0.15) is 0 Å². The molecule has 0 unspecified atom stereocenters. The molecule has 1 N–H and O–H groups in total. The van der Waals surface area contributed by atoms with Gasteiger partial charge in [-0.05, 0) is 36.6 Å². The van der Waals surface area contributed by atoms with Crippen molar-refractivity contribution in [2.24, 2.45) is 0 Å². The van der Waals surface area contributed by atoms with Crippen molar-refractivity contribution in [1.29, 1.82) is 0 Å². The summed E-state index contributed by atoms with van der Waals surface area (Å²) in [4.78, 5) is 30.4. The fraction of sp³-hybridized carbons (Fsp3) is 0.300. The summed E-state index contributed by atoms with van der Waals surface area (Å²) >= 11 is 6.48. The van der Waals surface area contributed by atoms with Gasteiger partial charge in [0.15, 0.2) is 0 Å². The molecule has 2 aromatic rings. The van der Waals surface area contributed by atoms with Gasteiger partial charge in [-0.3, -0.25) is 14.5 Å². The number of rotatable bonds is 9. The van der Waals surface area contributed by atoms with Crippen LogP contribution in [0.2, 0.25) is 0 Å². The van der Waals surface area contributed by atoms with Crippen LogP contribution in [-0.2, 0) is 16.1 Å². The van der Waals surface area contributed by atoms with E-state index in [-0.39, 0.29) is 17.6 Å². The van der Waals surface area contributed by atoms with E-state index in [1.54, 1.807) is 30.7 Å². The first kappa shape index (κ1) is 21.2. The molecule has 1 fully saturated rings. The molecule has 1 aromatic carbocycles. The third-order valence-corrected chi connectivity index (χ3v) is 5.66. The Hall–Kier alpha value is -2.52. The number of thiocarbonyl (C=S) groups is 1. The van der Waals surface area contributed by atoms with Crippen LogP contribution in [0.1, 0.15) is 24.8 Å². The zero-order valence-corrected chi connectivity index (χ0v) is 17.3. The molecule has 29 heavy (non-hydrogen) atoms. The number of imidazole rings is 1. The van der Waals surface area contributed by atoms with E-state index in [2.05, 4.69) is 10.3 Å². The molecular weight excluding hydrogens is 411 g/mol. The van der Waals surface area contributed by atoms with Crippen molar-refractivity contribution in [2.75, 3.05) is 13.1 Å². The second kappa shape index (κ2) is 10.3. The molecule has 3 rings (SSSR count). The first-order chi connectivity index (χ1) is 14.0. The Morgan fingerprint density at radius 3 is 2.93 bits per heavy atom. The highest BCUT2D eigenvalue weighted by Crippen LogP contribution is 2.32. The molecule has 1 aromatic heterocycles. The van der Waals surface area contributed by atoms with Crippen LogP contribution < -0.4 is 5.32 Å². The molecule has 0 spiro atoms. The second-order valence-corrected chi connectivity index (χ2v) is 8.17. The number of aromatic nitrogens is 2. The maximum absolute atomic E-state index is 13.3. The second-order valence-electron chi connectivity index (χ2n) is 6.50. The van der Waals surface area contributed by atoms with E-state index >= 15 is 0 Å². The maximum Gasteiger partial charge on any atom is 0.266 e. The van der Waals surface area contributed by atoms with Crippen molar-refractivity contribution in [3.8, 4) is 0 Å². The van der Waals surface area contributed by atoms with Gasteiger partial charge in [0.2, 0.25) is 5.91 Å². The van der Waals surface area contributed by atoms with Crippen molar-refractivity contribution in [2.45, 2.75) is 25.8 Å². The Balaban J connectivity index is 1.40. The zero-order chi connectivity index (χ0) is 20.6. The molecule has 1 aliphatic heterocycles. The number of nitrogens with zero attached hydrogens (tertiary/aromatic N) is 3. The third-order valence-electron chi connectivity index (χ3n) is 4.28. The summed E-state index contributed by atoms with van der Waals surface area (Å²) in [6.45, 7) is 1.77. The first-order valence-electron chi connectivity index (χ1n) is 9.26. The average molecular weight is 433 g/mol. The summed E-state index contributed by atoms with van der Waals surface area (Å²) in [6.07, 6.45) is 8.65. The smallest absolute Gasteiger partial charge is 0.266 e. The van der Waals surface area contributed by atoms with E-state index in [4.69, 9.17) is 12.2 Å². The van der Waals surface area contributed by atoms with Gasteiger partial charge in [0.1, 0.15) is 10.1 Å².